The smallest absolute Gasteiger partial charge is 0.180 e. The Morgan fingerprint density at radius 1 is 1.24 bits per heavy atom. The molecule has 0 unspecified atom stereocenters. The minimum atomic E-state index is -3.35. The Kier molecular flexibility index (Phi) is 4.94. The first-order valence-corrected chi connectivity index (χ1v) is 10.3. The van der Waals surface area contributed by atoms with E-state index in [4.69, 9.17) is 0 Å². The Morgan fingerprint density at radius 3 is 2.64 bits per heavy atom. The summed E-state index contributed by atoms with van der Waals surface area (Å²) >= 11 is 0. The first-order valence-electron chi connectivity index (χ1n) is 8.42. The van der Waals surface area contributed by atoms with Crippen molar-refractivity contribution in [3.05, 3.63) is 41.9 Å². The van der Waals surface area contributed by atoms with Crippen LogP contribution in [0.15, 0.2) is 35.4 Å². The summed E-state index contributed by atoms with van der Waals surface area (Å²) in [7, 11) is -3.35. The van der Waals surface area contributed by atoms with Crippen LogP contribution in [-0.2, 0) is 9.84 Å². The molecule has 1 saturated heterocycles. The largest absolute Gasteiger partial charge is 0.371 e. The first kappa shape index (κ1) is 17.7. The van der Waals surface area contributed by atoms with E-state index in [1.165, 1.54) is 23.7 Å². The van der Waals surface area contributed by atoms with Gasteiger partial charge in [0.25, 0.3) is 0 Å². The van der Waals surface area contributed by atoms with Crippen LogP contribution in [0.5, 0.6) is 0 Å². The molecular formula is C18H24N4O2S. The van der Waals surface area contributed by atoms with Crippen molar-refractivity contribution in [2.24, 2.45) is 5.92 Å². The zero-order valence-corrected chi connectivity index (χ0v) is 15.7. The molecule has 134 valence electrons. The summed E-state index contributed by atoms with van der Waals surface area (Å²) in [5.74, 6) is 1.41. The van der Waals surface area contributed by atoms with Crippen molar-refractivity contribution in [3.63, 3.8) is 0 Å². The molecule has 1 atom stereocenters. The summed E-state index contributed by atoms with van der Waals surface area (Å²) in [4.78, 5) is 10.8. The Hall–Kier alpha value is -2.15. The number of anilines is 2. The number of hydrogen-bond acceptors (Lipinski definition) is 6. The molecule has 0 radical (unpaired) electrons. The number of benzene rings is 1. The van der Waals surface area contributed by atoms with Crippen LogP contribution in [0.3, 0.4) is 0 Å². The molecule has 1 aromatic carbocycles. The molecule has 0 spiro atoms. The second kappa shape index (κ2) is 7.00. The van der Waals surface area contributed by atoms with E-state index in [0.717, 1.165) is 19.5 Å². The molecule has 3 rings (SSSR count). The van der Waals surface area contributed by atoms with Crippen LogP contribution in [0, 0.1) is 19.8 Å². The maximum absolute atomic E-state index is 11.9. The van der Waals surface area contributed by atoms with E-state index in [1.54, 1.807) is 6.92 Å². The minimum Gasteiger partial charge on any atom is -0.371 e. The van der Waals surface area contributed by atoms with Crippen LogP contribution in [0.25, 0.3) is 0 Å². The van der Waals surface area contributed by atoms with Gasteiger partial charge in [-0.2, -0.15) is 0 Å². The van der Waals surface area contributed by atoms with Crippen LogP contribution in [-0.4, -0.2) is 44.3 Å². The molecule has 1 aromatic heterocycles. The highest BCUT2D eigenvalue weighted by atomic mass is 32.2. The third kappa shape index (κ3) is 4.28. The van der Waals surface area contributed by atoms with Crippen molar-refractivity contribution in [2.45, 2.75) is 25.2 Å². The van der Waals surface area contributed by atoms with E-state index < -0.39 is 9.84 Å². The van der Waals surface area contributed by atoms with Crippen molar-refractivity contribution in [3.8, 4) is 0 Å². The molecule has 0 bridgehead atoms. The van der Waals surface area contributed by atoms with Crippen molar-refractivity contribution < 1.29 is 8.42 Å². The van der Waals surface area contributed by atoms with Gasteiger partial charge in [-0.05, 0) is 38.3 Å². The summed E-state index contributed by atoms with van der Waals surface area (Å²) < 4.78 is 23.8. The van der Waals surface area contributed by atoms with Gasteiger partial charge in [0.2, 0.25) is 0 Å². The van der Waals surface area contributed by atoms with Gasteiger partial charge in [0.05, 0.1) is 6.20 Å². The van der Waals surface area contributed by atoms with Gasteiger partial charge in [-0.25, -0.2) is 18.4 Å². The van der Waals surface area contributed by atoms with Gasteiger partial charge in [0.1, 0.15) is 16.5 Å². The second-order valence-electron chi connectivity index (χ2n) is 6.72. The lowest BCUT2D eigenvalue weighted by Gasteiger charge is -2.19. The van der Waals surface area contributed by atoms with Gasteiger partial charge < -0.3 is 10.2 Å². The molecule has 2 aromatic rings. The fourth-order valence-corrected chi connectivity index (χ4v) is 3.80. The summed E-state index contributed by atoms with van der Waals surface area (Å²) in [5.41, 5.74) is 2.50. The molecule has 1 N–H and O–H groups in total. The average molecular weight is 360 g/mol. The normalized spacial score (nSPS) is 17.7. The maximum Gasteiger partial charge on any atom is 0.180 e. The quantitative estimate of drug-likeness (QED) is 0.883. The number of rotatable bonds is 5. The number of nitrogens with zero attached hydrogens (tertiary/aromatic N) is 3. The zero-order chi connectivity index (χ0) is 18.0. The molecule has 1 fully saturated rings. The van der Waals surface area contributed by atoms with Crippen molar-refractivity contribution in [2.75, 3.05) is 36.1 Å². The van der Waals surface area contributed by atoms with Gasteiger partial charge in [-0.1, -0.05) is 17.7 Å². The lowest BCUT2D eigenvalue weighted by molar-refractivity contribution is 0.599. The molecule has 1 aliphatic rings. The van der Waals surface area contributed by atoms with E-state index in [2.05, 4.69) is 51.4 Å². The second-order valence-corrected chi connectivity index (χ2v) is 8.70. The molecule has 0 aliphatic carbocycles. The van der Waals surface area contributed by atoms with Gasteiger partial charge >= 0.3 is 0 Å². The Labute approximate surface area is 149 Å². The van der Waals surface area contributed by atoms with Crippen molar-refractivity contribution in [1.29, 1.82) is 0 Å². The lowest BCUT2D eigenvalue weighted by Crippen LogP contribution is -2.23. The van der Waals surface area contributed by atoms with E-state index in [-0.39, 0.29) is 4.90 Å². The standard InChI is InChI=1S/C18H24N4O2S/c1-13-4-6-16(7-5-13)22-9-8-15(12-22)10-20-18-17(25(3,23)24)11-19-14(2)21-18/h4-7,11,15H,8-10,12H2,1-3H3,(H,19,20,21)/t15-/m1/s1. The van der Waals surface area contributed by atoms with Gasteiger partial charge in [0, 0.05) is 31.6 Å². The Balaban J connectivity index is 1.65. The molecular weight excluding hydrogens is 336 g/mol. The summed E-state index contributed by atoms with van der Waals surface area (Å²) in [6.45, 7) is 6.50. The lowest BCUT2D eigenvalue weighted by atomic mass is 10.1. The fourth-order valence-electron chi connectivity index (χ4n) is 3.09. The van der Waals surface area contributed by atoms with Gasteiger partial charge in [0.15, 0.2) is 9.84 Å². The molecule has 6 nitrogen and oxygen atoms in total. The van der Waals surface area contributed by atoms with E-state index in [1.807, 2.05) is 0 Å². The van der Waals surface area contributed by atoms with Crippen LogP contribution in [0.4, 0.5) is 11.5 Å². The number of aryl methyl sites for hydroxylation is 2. The first-order chi connectivity index (χ1) is 11.8. The number of hydrogen-bond donors (Lipinski definition) is 1. The predicted molar refractivity (Wildman–Crippen MR) is 99.9 cm³/mol. The molecule has 0 amide bonds. The number of nitrogens with one attached hydrogen (secondary N) is 1. The maximum atomic E-state index is 11.9. The fraction of sp³-hybridized carbons (Fsp3) is 0.444. The molecule has 1 aliphatic heterocycles. The molecule has 25 heavy (non-hydrogen) atoms. The van der Waals surface area contributed by atoms with Gasteiger partial charge in [-0.15, -0.1) is 0 Å². The third-order valence-electron chi connectivity index (χ3n) is 4.52. The Bertz CT molecular complexity index is 850. The van der Waals surface area contributed by atoms with Crippen LogP contribution in [0.2, 0.25) is 0 Å². The van der Waals surface area contributed by atoms with E-state index in [0.29, 0.717) is 24.1 Å². The highest BCUT2D eigenvalue weighted by molar-refractivity contribution is 7.90. The minimum absolute atomic E-state index is 0.159. The van der Waals surface area contributed by atoms with E-state index >= 15 is 0 Å². The monoisotopic (exact) mass is 360 g/mol. The third-order valence-corrected chi connectivity index (χ3v) is 5.62. The van der Waals surface area contributed by atoms with Crippen molar-refractivity contribution in [1.82, 2.24) is 9.97 Å². The van der Waals surface area contributed by atoms with Crippen LogP contribution >= 0.6 is 0 Å². The molecule has 7 heteroatoms. The average Bonchev–Trinajstić information content (AvgIpc) is 3.01. The van der Waals surface area contributed by atoms with Crippen LogP contribution in [0.1, 0.15) is 17.8 Å². The predicted octanol–water partition coefficient (Wildman–Crippen LogP) is 2.44. The van der Waals surface area contributed by atoms with Crippen molar-refractivity contribution >= 4 is 21.3 Å². The number of sulfone groups is 1. The Morgan fingerprint density at radius 2 is 1.96 bits per heavy atom. The summed E-state index contributed by atoms with van der Waals surface area (Å²) in [6, 6.07) is 8.56. The van der Waals surface area contributed by atoms with Gasteiger partial charge in [-0.3, -0.25) is 0 Å². The zero-order valence-electron chi connectivity index (χ0n) is 14.9. The molecule has 2 heterocycles. The highest BCUT2D eigenvalue weighted by Crippen LogP contribution is 2.25. The number of aromatic nitrogens is 2. The summed E-state index contributed by atoms with van der Waals surface area (Å²) in [6.07, 6.45) is 3.63. The topological polar surface area (TPSA) is 75.2 Å². The SMILES string of the molecule is Cc1ccc(N2CC[C@H](CNc3nc(C)ncc3S(C)(=O)=O)C2)cc1. The highest BCUT2D eigenvalue weighted by Gasteiger charge is 2.24. The van der Waals surface area contributed by atoms with Crippen LogP contribution < -0.4 is 10.2 Å². The van der Waals surface area contributed by atoms with E-state index in [9.17, 15) is 8.42 Å². The molecule has 0 saturated carbocycles. The summed E-state index contributed by atoms with van der Waals surface area (Å²) in [5, 5.41) is 3.23.